The lowest BCUT2D eigenvalue weighted by molar-refractivity contribution is -0.138. The fourth-order valence-corrected chi connectivity index (χ4v) is 2.93. The molecule has 0 amide bonds. The molecule has 2 N–H and O–H groups in total. The van der Waals surface area contributed by atoms with E-state index in [1.54, 1.807) is 6.07 Å². The Morgan fingerprint density at radius 3 is 2.62 bits per heavy atom. The molecule has 118 valence electrons. The first kappa shape index (κ1) is 16.1. The van der Waals surface area contributed by atoms with Gasteiger partial charge in [0.05, 0.1) is 5.56 Å². The Labute approximate surface area is 123 Å². The molecule has 0 radical (unpaired) electrons. The van der Waals surface area contributed by atoms with Crippen molar-refractivity contribution < 1.29 is 13.2 Å². The fourth-order valence-electron chi connectivity index (χ4n) is 2.93. The van der Waals surface area contributed by atoms with Crippen molar-refractivity contribution in [3.63, 3.8) is 0 Å². The highest BCUT2D eigenvalue weighted by Crippen LogP contribution is 2.34. The Hall–Kier alpha value is -1.27. The molecule has 1 aliphatic rings. The Bertz CT molecular complexity index is 488. The molecule has 1 unspecified atom stereocenters. The lowest BCUT2D eigenvalue weighted by Gasteiger charge is -2.24. The number of likely N-dealkylation sites (tertiary alicyclic amines) is 1. The highest BCUT2D eigenvalue weighted by atomic mass is 19.4. The standard InChI is InChI=1S/C15H22F3N3/c1-20-6-5-11(9-20)10-21(2)13-3-4-14(15(16,17)18)12(7-13)8-19/h3-4,7,11H,5-6,8-10,19H2,1-2H3. The quantitative estimate of drug-likeness (QED) is 0.927. The van der Waals surface area contributed by atoms with Crippen molar-refractivity contribution in [2.24, 2.45) is 11.7 Å². The van der Waals surface area contributed by atoms with Crippen LogP contribution in [0.4, 0.5) is 18.9 Å². The minimum atomic E-state index is -4.35. The van der Waals surface area contributed by atoms with Crippen molar-refractivity contribution in [3.8, 4) is 0 Å². The normalized spacial score (nSPS) is 20.0. The van der Waals surface area contributed by atoms with Crippen LogP contribution in [-0.4, -0.2) is 38.6 Å². The van der Waals surface area contributed by atoms with Crippen molar-refractivity contribution in [1.29, 1.82) is 0 Å². The molecule has 1 saturated heterocycles. The molecule has 21 heavy (non-hydrogen) atoms. The summed E-state index contributed by atoms with van der Waals surface area (Å²) in [4.78, 5) is 4.29. The lowest BCUT2D eigenvalue weighted by Crippen LogP contribution is -2.27. The molecule has 1 atom stereocenters. The molecule has 0 spiro atoms. The molecule has 1 heterocycles. The second-order valence-corrected chi connectivity index (χ2v) is 5.84. The average Bonchev–Trinajstić information content (AvgIpc) is 2.82. The van der Waals surface area contributed by atoms with Gasteiger partial charge in [-0.2, -0.15) is 13.2 Å². The molecule has 2 rings (SSSR count). The number of nitrogens with two attached hydrogens (primary N) is 1. The second-order valence-electron chi connectivity index (χ2n) is 5.84. The van der Waals surface area contributed by atoms with Crippen LogP contribution in [0, 0.1) is 5.92 Å². The highest BCUT2D eigenvalue weighted by Gasteiger charge is 2.33. The van der Waals surface area contributed by atoms with Gasteiger partial charge in [0, 0.05) is 32.4 Å². The Balaban J connectivity index is 2.13. The first-order chi connectivity index (χ1) is 9.81. The van der Waals surface area contributed by atoms with Crippen LogP contribution in [-0.2, 0) is 12.7 Å². The van der Waals surface area contributed by atoms with E-state index in [-0.39, 0.29) is 12.1 Å². The van der Waals surface area contributed by atoms with Gasteiger partial charge in [0.1, 0.15) is 0 Å². The number of rotatable bonds is 4. The predicted molar refractivity (Wildman–Crippen MR) is 78.2 cm³/mol. The minimum Gasteiger partial charge on any atom is -0.374 e. The molecule has 1 aromatic carbocycles. The summed E-state index contributed by atoms with van der Waals surface area (Å²) in [6, 6.07) is 4.22. The maximum atomic E-state index is 12.9. The van der Waals surface area contributed by atoms with Gasteiger partial charge in [0.2, 0.25) is 0 Å². The van der Waals surface area contributed by atoms with Gasteiger partial charge in [-0.25, -0.2) is 0 Å². The van der Waals surface area contributed by atoms with Crippen LogP contribution in [0.1, 0.15) is 17.5 Å². The SMILES string of the molecule is CN1CCC(CN(C)c2ccc(C(F)(F)F)c(CN)c2)C1. The summed E-state index contributed by atoms with van der Waals surface area (Å²) in [6.45, 7) is 2.86. The van der Waals surface area contributed by atoms with E-state index in [1.807, 2.05) is 11.9 Å². The van der Waals surface area contributed by atoms with Gasteiger partial charge in [-0.05, 0) is 49.7 Å². The van der Waals surface area contributed by atoms with E-state index in [0.29, 0.717) is 5.92 Å². The number of nitrogens with zero attached hydrogens (tertiary/aromatic N) is 2. The Morgan fingerprint density at radius 1 is 1.38 bits per heavy atom. The van der Waals surface area contributed by atoms with Gasteiger partial charge in [0.15, 0.2) is 0 Å². The molecular weight excluding hydrogens is 279 g/mol. The summed E-state index contributed by atoms with van der Waals surface area (Å²) in [5, 5.41) is 0. The van der Waals surface area contributed by atoms with E-state index in [9.17, 15) is 13.2 Å². The molecule has 6 heteroatoms. The summed E-state index contributed by atoms with van der Waals surface area (Å²) in [6.07, 6.45) is -3.22. The first-order valence-corrected chi connectivity index (χ1v) is 7.11. The number of benzene rings is 1. The minimum absolute atomic E-state index is 0.108. The predicted octanol–water partition coefficient (Wildman–Crippen LogP) is 2.55. The van der Waals surface area contributed by atoms with E-state index < -0.39 is 11.7 Å². The van der Waals surface area contributed by atoms with Gasteiger partial charge in [-0.3, -0.25) is 0 Å². The summed E-state index contributed by atoms with van der Waals surface area (Å²) < 4.78 is 38.6. The zero-order chi connectivity index (χ0) is 15.6. The van der Waals surface area contributed by atoms with Gasteiger partial charge >= 0.3 is 6.18 Å². The zero-order valence-electron chi connectivity index (χ0n) is 12.5. The summed E-state index contributed by atoms with van der Waals surface area (Å²) in [5.41, 5.74) is 5.77. The molecule has 1 aliphatic heterocycles. The molecule has 1 fully saturated rings. The Morgan fingerprint density at radius 2 is 2.10 bits per heavy atom. The third-order valence-electron chi connectivity index (χ3n) is 4.08. The third kappa shape index (κ3) is 3.89. The number of hydrogen-bond donors (Lipinski definition) is 1. The van der Waals surface area contributed by atoms with Gasteiger partial charge in [-0.1, -0.05) is 0 Å². The first-order valence-electron chi connectivity index (χ1n) is 7.11. The maximum absolute atomic E-state index is 12.9. The smallest absolute Gasteiger partial charge is 0.374 e. The van der Waals surface area contributed by atoms with E-state index >= 15 is 0 Å². The van der Waals surface area contributed by atoms with Crippen LogP contribution >= 0.6 is 0 Å². The molecular formula is C15H22F3N3. The number of alkyl halides is 3. The van der Waals surface area contributed by atoms with E-state index in [1.165, 1.54) is 6.07 Å². The largest absolute Gasteiger partial charge is 0.416 e. The van der Waals surface area contributed by atoms with Crippen molar-refractivity contribution in [2.45, 2.75) is 19.1 Å². The number of anilines is 1. The second kappa shape index (κ2) is 6.23. The fraction of sp³-hybridized carbons (Fsp3) is 0.600. The summed E-state index contributed by atoms with van der Waals surface area (Å²) in [7, 11) is 4.01. The van der Waals surface area contributed by atoms with E-state index in [4.69, 9.17) is 5.73 Å². The molecule has 0 saturated carbocycles. The van der Waals surface area contributed by atoms with Crippen LogP contribution in [0.5, 0.6) is 0 Å². The lowest BCUT2D eigenvalue weighted by atomic mass is 10.0. The van der Waals surface area contributed by atoms with E-state index in [0.717, 1.165) is 37.8 Å². The topological polar surface area (TPSA) is 32.5 Å². The van der Waals surface area contributed by atoms with Crippen LogP contribution in [0.25, 0.3) is 0 Å². The van der Waals surface area contributed by atoms with E-state index in [2.05, 4.69) is 11.9 Å². The zero-order valence-corrected chi connectivity index (χ0v) is 12.5. The van der Waals surface area contributed by atoms with Crippen LogP contribution in [0.2, 0.25) is 0 Å². The third-order valence-corrected chi connectivity index (χ3v) is 4.08. The highest BCUT2D eigenvalue weighted by molar-refractivity contribution is 5.51. The van der Waals surface area contributed by atoms with Crippen LogP contribution in [0.15, 0.2) is 18.2 Å². The Kier molecular flexibility index (Phi) is 4.78. The summed E-state index contributed by atoms with van der Waals surface area (Å²) >= 11 is 0. The van der Waals surface area contributed by atoms with Crippen molar-refractivity contribution in [2.75, 3.05) is 38.6 Å². The monoisotopic (exact) mass is 301 g/mol. The molecule has 0 aliphatic carbocycles. The number of halogens is 3. The van der Waals surface area contributed by atoms with Crippen LogP contribution in [0.3, 0.4) is 0 Å². The number of hydrogen-bond acceptors (Lipinski definition) is 3. The summed E-state index contributed by atoms with van der Waals surface area (Å²) in [5.74, 6) is 0.559. The van der Waals surface area contributed by atoms with Crippen LogP contribution < -0.4 is 10.6 Å². The maximum Gasteiger partial charge on any atom is 0.416 e. The molecule has 3 nitrogen and oxygen atoms in total. The van der Waals surface area contributed by atoms with Gasteiger partial charge < -0.3 is 15.5 Å². The van der Waals surface area contributed by atoms with Gasteiger partial charge in [0.25, 0.3) is 0 Å². The molecule has 1 aromatic rings. The molecule has 0 bridgehead atoms. The average molecular weight is 301 g/mol. The van der Waals surface area contributed by atoms with Crippen molar-refractivity contribution >= 4 is 5.69 Å². The van der Waals surface area contributed by atoms with Crippen molar-refractivity contribution in [1.82, 2.24) is 4.90 Å². The molecule has 0 aromatic heterocycles. The van der Waals surface area contributed by atoms with Gasteiger partial charge in [-0.15, -0.1) is 0 Å². The van der Waals surface area contributed by atoms with Crippen molar-refractivity contribution in [3.05, 3.63) is 29.3 Å².